The van der Waals surface area contributed by atoms with E-state index in [2.05, 4.69) is 337 Å². The SMILES string of the molecule is Clc1nc(-c2ccccc2)nc(-c2ccccc2)n1.c1ccc(-c2cccc(-c3cccc(-n4c5ccccc5c5ccc6c7ccccc7[nH]c6c54)c3)c2)cc1.c1ccc(-c2cccc(-c3cccc(-n4c5ccccc5c5ccc6c7ccccc7n(-c7nc(-c8ccccc8)nc(-c8ccccc8)n7)c6c54)c3)c2)cc1. The summed E-state index contributed by atoms with van der Waals surface area (Å²) in [5.74, 6) is 2.98. The monoisotopic (exact) mass is 1470 g/mol. The van der Waals surface area contributed by atoms with Gasteiger partial charge in [0.2, 0.25) is 11.2 Å². The summed E-state index contributed by atoms with van der Waals surface area (Å²) in [5, 5.41) is 9.85. The first-order valence-corrected chi connectivity index (χ1v) is 38.1. The Labute approximate surface area is 656 Å². The lowest BCUT2D eigenvalue weighted by atomic mass is 9.99. The summed E-state index contributed by atoms with van der Waals surface area (Å²) in [5.41, 5.74) is 24.6. The summed E-state index contributed by atoms with van der Waals surface area (Å²) in [6.07, 6.45) is 0. The van der Waals surface area contributed by atoms with E-state index in [1.165, 1.54) is 87.9 Å². The Bertz CT molecular complexity index is 7190. The second-order valence-electron chi connectivity index (χ2n) is 28.0. The van der Waals surface area contributed by atoms with Crippen molar-refractivity contribution in [1.82, 2.24) is 48.6 Å². The van der Waals surface area contributed by atoms with Gasteiger partial charge in [-0.25, -0.2) is 9.97 Å². The van der Waals surface area contributed by atoms with Crippen molar-refractivity contribution in [2.45, 2.75) is 0 Å². The molecular formula is C102H67ClN10. The molecule has 113 heavy (non-hydrogen) atoms. The highest BCUT2D eigenvalue weighted by atomic mass is 35.5. The Kier molecular flexibility index (Phi) is 17.4. The van der Waals surface area contributed by atoms with Gasteiger partial charge >= 0.3 is 0 Å². The molecule has 0 fully saturated rings. The van der Waals surface area contributed by atoms with Gasteiger partial charge in [0.15, 0.2) is 23.3 Å². The summed E-state index contributed by atoms with van der Waals surface area (Å²) in [7, 11) is 0. The Balaban J connectivity index is 0.000000125. The van der Waals surface area contributed by atoms with E-state index < -0.39 is 0 Å². The third-order valence-corrected chi connectivity index (χ3v) is 21.3. The lowest BCUT2D eigenvalue weighted by molar-refractivity contribution is 0.953. The number of H-pyrrole nitrogens is 1. The molecule has 16 aromatic carbocycles. The van der Waals surface area contributed by atoms with Crippen molar-refractivity contribution >= 4 is 98.8 Å². The quantitative estimate of drug-likeness (QED) is 0.138. The summed E-state index contributed by atoms with van der Waals surface area (Å²) >= 11 is 5.99. The maximum atomic E-state index is 5.99. The molecule has 22 rings (SSSR count). The smallest absolute Gasteiger partial charge is 0.238 e. The Morgan fingerprint density at radius 3 is 0.920 bits per heavy atom. The van der Waals surface area contributed by atoms with Crippen LogP contribution in [0.1, 0.15) is 0 Å². The predicted molar refractivity (Wildman–Crippen MR) is 467 cm³/mol. The molecule has 532 valence electrons. The first-order valence-electron chi connectivity index (χ1n) is 37.8. The zero-order valence-corrected chi connectivity index (χ0v) is 61.8. The summed E-state index contributed by atoms with van der Waals surface area (Å²) in [6, 6.07) is 140. The molecule has 0 saturated carbocycles. The van der Waals surface area contributed by atoms with Crippen molar-refractivity contribution in [2.24, 2.45) is 0 Å². The zero-order chi connectivity index (χ0) is 75.1. The van der Waals surface area contributed by atoms with Gasteiger partial charge in [-0.2, -0.15) is 19.9 Å². The molecule has 0 radical (unpaired) electrons. The first kappa shape index (κ1) is 67.4. The molecule has 11 heteroatoms. The lowest BCUT2D eigenvalue weighted by Gasteiger charge is -2.14. The summed E-state index contributed by atoms with van der Waals surface area (Å²) in [4.78, 5) is 32.1. The van der Waals surface area contributed by atoms with Gasteiger partial charge in [-0.15, -0.1) is 0 Å². The number of nitrogens with one attached hydrogen (secondary N) is 1. The van der Waals surface area contributed by atoms with Gasteiger partial charge in [0.05, 0.1) is 38.6 Å². The van der Waals surface area contributed by atoms with Crippen LogP contribution < -0.4 is 0 Å². The Morgan fingerprint density at radius 1 is 0.204 bits per heavy atom. The van der Waals surface area contributed by atoms with Crippen molar-refractivity contribution in [3.8, 4) is 107 Å². The average Bonchev–Trinajstić information content (AvgIpc) is 1.55. The Hall–Kier alpha value is -15.0. The minimum absolute atomic E-state index is 0.202. The summed E-state index contributed by atoms with van der Waals surface area (Å²) in [6.45, 7) is 0. The Morgan fingerprint density at radius 2 is 0.496 bits per heavy atom. The fraction of sp³-hybridized carbons (Fsp3) is 0. The van der Waals surface area contributed by atoms with Crippen LogP contribution in [0, 0.1) is 0 Å². The molecule has 0 spiro atoms. The van der Waals surface area contributed by atoms with Crippen LogP contribution in [0.4, 0.5) is 0 Å². The normalized spacial score (nSPS) is 11.4. The van der Waals surface area contributed by atoms with Gasteiger partial charge in [-0.3, -0.25) is 4.57 Å². The van der Waals surface area contributed by atoms with Crippen LogP contribution in [0.25, 0.3) is 195 Å². The number of para-hydroxylation sites is 4. The van der Waals surface area contributed by atoms with E-state index in [0.29, 0.717) is 29.2 Å². The van der Waals surface area contributed by atoms with Crippen molar-refractivity contribution in [3.05, 3.63) is 406 Å². The molecule has 22 aromatic rings. The van der Waals surface area contributed by atoms with Gasteiger partial charge in [0.1, 0.15) is 0 Å². The number of nitrogens with zero attached hydrogens (tertiary/aromatic N) is 9. The van der Waals surface area contributed by atoms with Crippen molar-refractivity contribution in [3.63, 3.8) is 0 Å². The number of rotatable bonds is 11. The van der Waals surface area contributed by atoms with Crippen molar-refractivity contribution in [1.29, 1.82) is 0 Å². The highest BCUT2D eigenvalue weighted by Crippen LogP contribution is 2.44. The van der Waals surface area contributed by atoms with Crippen LogP contribution in [0.2, 0.25) is 5.28 Å². The third kappa shape index (κ3) is 12.7. The van der Waals surface area contributed by atoms with Crippen LogP contribution in [0.5, 0.6) is 0 Å². The lowest BCUT2D eigenvalue weighted by Crippen LogP contribution is -2.07. The third-order valence-electron chi connectivity index (χ3n) is 21.2. The van der Waals surface area contributed by atoms with E-state index in [1.807, 2.05) is 97.1 Å². The summed E-state index contributed by atoms with van der Waals surface area (Å²) < 4.78 is 7.09. The highest BCUT2D eigenvalue weighted by molar-refractivity contribution is 6.28. The van der Waals surface area contributed by atoms with Crippen LogP contribution in [-0.2, 0) is 0 Å². The largest absolute Gasteiger partial charge is 0.353 e. The molecule has 0 aliphatic carbocycles. The molecule has 0 amide bonds. The second-order valence-corrected chi connectivity index (χ2v) is 28.3. The average molecular weight is 1470 g/mol. The molecule has 0 unspecified atom stereocenters. The van der Waals surface area contributed by atoms with E-state index in [1.54, 1.807) is 0 Å². The molecule has 0 atom stereocenters. The van der Waals surface area contributed by atoms with Crippen LogP contribution in [0.15, 0.2) is 400 Å². The number of aromatic nitrogens is 10. The van der Waals surface area contributed by atoms with Crippen molar-refractivity contribution < 1.29 is 0 Å². The molecule has 6 heterocycles. The van der Waals surface area contributed by atoms with Crippen LogP contribution >= 0.6 is 11.6 Å². The minimum atomic E-state index is 0.202. The van der Waals surface area contributed by atoms with Gasteiger partial charge in [0, 0.05) is 82.2 Å². The van der Waals surface area contributed by atoms with Crippen LogP contribution in [-0.4, -0.2) is 48.6 Å². The van der Waals surface area contributed by atoms with E-state index in [9.17, 15) is 0 Å². The first-order chi connectivity index (χ1) is 56.0. The maximum absolute atomic E-state index is 5.99. The number of benzene rings is 16. The molecule has 1 N–H and O–H groups in total. The number of halogens is 1. The zero-order valence-electron chi connectivity index (χ0n) is 61.0. The predicted octanol–water partition coefficient (Wildman–Crippen LogP) is 26.3. The molecule has 0 aliphatic heterocycles. The minimum Gasteiger partial charge on any atom is -0.353 e. The van der Waals surface area contributed by atoms with Gasteiger partial charge in [-0.1, -0.05) is 340 Å². The molecule has 0 saturated heterocycles. The maximum Gasteiger partial charge on any atom is 0.238 e. The van der Waals surface area contributed by atoms with E-state index in [4.69, 9.17) is 26.6 Å². The van der Waals surface area contributed by atoms with E-state index in [0.717, 1.165) is 77.4 Å². The topological polar surface area (TPSA) is 108 Å². The van der Waals surface area contributed by atoms with Crippen molar-refractivity contribution in [2.75, 3.05) is 0 Å². The number of aromatic amines is 1. The van der Waals surface area contributed by atoms with Gasteiger partial charge in [0.25, 0.3) is 0 Å². The van der Waals surface area contributed by atoms with E-state index >= 15 is 0 Å². The number of hydrogen-bond donors (Lipinski definition) is 1. The fourth-order valence-corrected chi connectivity index (χ4v) is 16.1. The molecule has 6 aromatic heterocycles. The van der Waals surface area contributed by atoms with Crippen LogP contribution in [0.3, 0.4) is 0 Å². The number of fused-ring (bicyclic) bond motifs is 14. The molecular weight excluding hydrogens is 1400 g/mol. The molecule has 10 nitrogen and oxygen atoms in total. The molecule has 0 bridgehead atoms. The fourth-order valence-electron chi connectivity index (χ4n) is 16.0. The second kappa shape index (κ2) is 29.2. The standard InChI is InChI=1S/C51H33N5.C36H24N2.C15H10ClN3/c1-4-16-34(17-5-1)37-22-14-23-38(32-37)39-24-15-25-40(33-39)55-45-28-12-10-26-41(45)43-30-31-44-42-27-11-13-29-46(42)56(48(44)47(43)55)51-53-49(35-18-6-2-7-19-35)52-50(54-51)36-20-8-3-9-21-36;1-2-10-24(11-3-1)25-12-8-13-26(22-25)27-14-9-15-28(23-27)38-34-19-7-5-17-30(34)32-21-20-31-29-16-4-6-18-33(29)37-35(31)36(32)38;16-15-18-13(11-7-3-1-4-8-11)17-14(19-15)12-9-5-2-6-10-12/h1-33H;1-23,37H;1-10H. The molecule has 0 aliphatic rings. The number of hydrogen-bond acceptors (Lipinski definition) is 6. The van der Waals surface area contributed by atoms with Gasteiger partial charge < -0.3 is 14.1 Å². The van der Waals surface area contributed by atoms with Gasteiger partial charge in [-0.05, 0) is 117 Å². The van der Waals surface area contributed by atoms with E-state index in [-0.39, 0.29) is 5.28 Å². The highest BCUT2D eigenvalue weighted by Gasteiger charge is 2.25.